The predicted octanol–water partition coefficient (Wildman–Crippen LogP) is 1.85. The predicted molar refractivity (Wildman–Crippen MR) is 90.6 cm³/mol. The van der Waals surface area contributed by atoms with E-state index in [-0.39, 0.29) is 19.3 Å². The van der Waals surface area contributed by atoms with Gasteiger partial charge in [0, 0.05) is 18.2 Å². The van der Waals surface area contributed by atoms with E-state index < -0.39 is 5.91 Å². The third kappa shape index (κ3) is 4.63. The summed E-state index contributed by atoms with van der Waals surface area (Å²) >= 11 is 0. The Hall–Kier alpha value is -3.22. The number of primary amides is 1. The number of hydrogen-bond acceptors (Lipinski definition) is 5. The molecule has 7 heteroatoms. The molecule has 25 heavy (non-hydrogen) atoms. The molecule has 3 N–H and O–H groups in total. The highest BCUT2D eigenvalue weighted by Crippen LogP contribution is 2.32. The Balaban J connectivity index is 1.52. The van der Waals surface area contributed by atoms with Gasteiger partial charge in [-0.2, -0.15) is 0 Å². The van der Waals surface area contributed by atoms with Gasteiger partial charge in [-0.3, -0.25) is 9.59 Å². The molecule has 130 valence electrons. The molecule has 2 aromatic rings. The number of carbonyl (C=O) groups is 2. The second-order valence-electron chi connectivity index (χ2n) is 5.52. The first kappa shape index (κ1) is 16.6. The molecule has 3 rings (SSSR count). The number of carbonyl (C=O) groups excluding carboxylic acids is 2. The van der Waals surface area contributed by atoms with Crippen LogP contribution in [0.3, 0.4) is 0 Å². The van der Waals surface area contributed by atoms with E-state index in [0.29, 0.717) is 30.0 Å². The number of aryl methyl sites for hydroxylation is 1. The number of rotatable bonds is 7. The summed E-state index contributed by atoms with van der Waals surface area (Å²) in [5.74, 6) is 1.22. The van der Waals surface area contributed by atoms with Gasteiger partial charge in [-0.05, 0) is 36.2 Å². The Kier molecular flexibility index (Phi) is 5.03. The lowest BCUT2D eigenvalue weighted by molar-refractivity contribution is -0.120. The number of hydrogen-bond donors (Lipinski definition) is 2. The van der Waals surface area contributed by atoms with Crippen LogP contribution < -0.4 is 25.3 Å². The van der Waals surface area contributed by atoms with Crippen molar-refractivity contribution in [3.63, 3.8) is 0 Å². The van der Waals surface area contributed by atoms with Crippen LogP contribution in [0.2, 0.25) is 0 Å². The Bertz CT molecular complexity index is 791. The molecule has 0 bridgehead atoms. The maximum absolute atomic E-state index is 12.1. The SMILES string of the molecule is NC(=O)COc1cccc(NC(=O)CCc2ccc3c(c2)OCO3)c1. The summed E-state index contributed by atoms with van der Waals surface area (Å²) in [5, 5.41) is 2.80. The topological polar surface area (TPSA) is 99.9 Å². The van der Waals surface area contributed by atoms with Gasteiger partial charge in [0.15, 0.2) is 18.1 Å². The van der Waals surface area contributed by atoms with Gasteiger partial charge in [0.2, 0.25) is 12.7 Å². The van der Waals surface area contributed by atoms with Crippen LogP contribution >= 0.6 is 0 Å². The summed E-state index contributed by atoms with van der Waals surface area (Å²) in [6.07, 6.45) is 0.909. The first-order valence-corrected chi connectivity index (χ1v) is 7.80. The summed E-state index contributed by atoms with van der Waals surface area (Å²) < 4.78 is 15.8. The minimum Gasteiger partial charge on any atom is -0.484 e. The van der Waals surface area contributed by atoms with Gasteiger partial charge in [-0.15, -0.1) is 0 Å². The third-order valence-corrected chi connectivity index (χ3v) is 3.58. The lowest BCUT2D eigenvalue weighted by Gasteiger charge is -2.08. The van der Waals surface area contributed by atoms with E-state index in [0.717, 1.165) is 11.3 Å². The first-order chi connectivity index (χ1) is 12.1. The lowest BCUT2D eigenvalue weighted by Crippen LogP contribution is -2.20. The van der Waals surface area contributed by atoms with Crippen molar-refractivity contribution in [2.45, 2.75) is 12.8 Å². The summed E-state index contributed by atoms with van der Waals surface area (Å²) in [6, 6.07) is 12.4. The van der Waals surface area contributed by atoms with E-state index in [4.69, 9.17) is 19.9 Å². The minimum atomic E-state index is -0.557. The Labute approximate surface area is 144 Å². The van der Waals surface area contributed by atoms with Crippen molar-refractivity contribution >= 4 is 17.5 Å². The maximum Gasteiger partial charge on any atom is 0.255 e. The largest absolute Gasteiger partial charge is 0.484 e. The molecule has 1 aliphatic heterocycles. The third-order valence-electron chi connectivity index (χ3n) is 3.58. The molecule has 1 aliphatic rings. The number of nitrogens with one attached hydrogen (secondary N) is 1. The van der Waals surface area contributed by atoms with Crippen LogP contribution in [-0.4, -0.2) is 25.2 Å². The van der Waals surface area contributed by atoms with E-state index >= 15 is 0 Å². The molecule has 0 fully saturated rings. The van der Waals surface area contributed by atoms with Crippen LogP contribution in [0.5, 0.6) is 17.2 Å². The van der Waals surface area contributed by atoms with E-state index in [1.54, 1.807) is 24.3 Å². The number of nitrogens with two attached hydrogens (primary N) is 1. The maximum atomic E-state index is 12.1. The fourth-order valence-electron chi connectivity index (χ4n) is 2.40. The lowest BCUT2D eigenvalue weighted by atomic mass is 10.1. The van der Waals surface area contributed by atoms with Crippen LogP contribution in [0.25, 0.3) is 0 Å². The zero-order chi connectivity index (χ0) is 17.6. The van der Waals surface area contributed by atoms with Crippen LogP contribution in [-0.2, 0) is 16.0 Å². The summed E-state index contributed by atoms with van der Waals surface area (Å²) in [7, 11) is 0. The van der Waals surface area contributed by atoms with Crippen LogP contribution in [0.4, 0.5) is 5.69 Å². The fraction of sp³-hybridized carbons (Fsp3) is 0.222. The monoisotopic (exact) mass is 342 g/mol. The molecule has 0 saturated heterocycles. The molecular formula is C18H18N2O5. The van der Waals surface area contributed by atoms with Crippen LogP contribution in [0.15, 0.2) is 42.5 Å². The highest BCUT2D eigenvalue weighted by atomic mass is 16.7. The number of anilines is 1. The van der Waals surface area contributed by atoms with E-state index in [9.17, 15) is 9.59 Å². The summed E-state index contributed by atoms with van der Waals surface area (Å²) in [6.45, 7) is 0.0228. The average molecular weight is 342 g/mol. The molecule has 7 nitrogen and oxygen atoms in total. The van der Waals surface area contributed by atoms with E-state index in [1.165, 1.54) is 0 Å². The fourth-order valence-corrected chi connectivity index (χ4v) is 2.40. The number of benzene rings is 2. The van der Waals surface area contributed by atoms with Crippen LogP contribution in [0.1, 0.15) is 12.0 Å². The Morgan fingerprint density at radius 2 is 1.96 bits per heavy atom. The Morgan fingerprint density at radius 1 is 1.12 bits per heavy atom. The minimum absolute atomic E-state index is 0.121. The second-order valence-corrected chi connectivity index (χ2v) is 5.52. The molecule has 2 amide bonds. The molecule has 0 aromatic heterocycles. The van der Waals surface area contributed by atoms with Crippen LogP contribution in [0, 0.1) is 0 Å². The van der Waals surface area contributed by atoms with Crippen molar-refractivity contribution in [2.75, 3.05) is 18.7 Å². The van der Waals surface area contributed by atoms with Gasteiger partial charge in [-0.25, -0.2) is 0 Å². The summed E-state index contributed by atoms with van der Waals surface area (Å²) in [5.41, 5.74) is 6.63. The molecule has 0 unspecified atom stereocenters. The molecular weight excluding hydrogens is 324 g/mol. The number of amides is 2. The normalized spacial score (nSPS) is 11.8. The molecule has 0 spiro atoms. The molecule has 0 saturated carbocycles. The highest BCUT2D eigenvalue weighted by Gasteiger charge is 2.13. The van der Waals surface area contributed by atoms with Crippen molar-refractivity contribution in [1.82, 2.24) is 0 Å². The van der Waals surface area contributed by atoms with Gasteiger partial charge < -0.3 is 25.3 Å². The quantitative estimate of drug-likeness (QED) is 0.800. The average Bonchev–Trinajstić information content (AvgIpc) is 3.06. The Morgan fingerprint density at radius 3 is 2.80 bits per heavy atom. The first-order valence-electron chi connectivity index (χ1n) is 7.80. The van der Waals surface area contributed by atoms with E-state index in [1.807, 2.05) is 18.2 Å². The molecule has 0 atom stereocenters. The van der Waals surface area contributed by atoms with Gasteiger partial charge in [-0.1, -0.05) is 12.1 Å². The zero-order valence-corrected chi connectivity index (χ0v) is 13.5. The van der Waals surface area contributed by atoms with E-state index in [2.05, 4.69) is 5.32 Å². The molecule has 2 aromatic carbocycles. The second kappa shape index (κ2) is 7.57. The standard InChI is InChI=1S/C18H18N2O5/c19-17(21)10-23-14-3-1-2-13(9-14)20-18(22)7-5-12-4-6-15-16(8-12)25-11-24-15/h1-4,6,8-9H,5,7,10-11H2,(H2,19,21)(H,20,22). The number of fused-ring (bicyclic) bond motifs is 1. The van der Waals surface area contributed by atoms with Crippen molar-refractivity contribution in [3.05, 3.63) is 48.0 Å². The molecule has 0 radical (unpaired) electrons. The smallest absolute Gasteiger partial charge is 0.255 e. The van der Waals surface area contributed by atoms with Crippen molar-refractivity contribution in [2.24, 2.45) is 5.73 Å². The van der Waals surface area contributed by atoms with Crippen molar-refractivity contribution in [1.29, 1.82) is 0 Å². The van der Waals surface area contributed by atoms with Gasteiger partial charge in [0.05, 0.1) is 0 Å². The summed E-state index contributed by atoms with van der Waals surface area (Å²) in [4.78, 5) is 22.9. The zero-order valence-electron chi connectivity index (χ0n) is 13.5. The van der Waals surface area contributed by atoms with Gasteiger partial charge in [0.1, 0.15) is 5.75 Å². The number of ether oxygens (including phenoxy) is 3. The van der Waals surface area contributed by atoms with Crippen molar-refractivity contribution in [3.8, 4) is 17.2 Å². The molecule has 1 heterocycles. The van der Waals surface area contributed by atoms with Gasteiger partial charge >= 0.3 is 0 Å². The van der Waals surface area contributed by atoms with Gasteiger partial charge in [0.25, 0.3) is 5.91 Å². The molecule has 0 aliphatic carbocycles. The van der Waals surface area contributed by atoms with Crippen molar-refractivity contribution < 1.29 is 23.8 Å². The highest BCUT2D eigenvalue weighted by molar-refractivity contribution is 5.91.